The topological polar surface area (TPSA) is 90.3 Å². The first-order valence-corrected chi connectivity index (χ1v) is 12.4. The summed E-state index contributed by atoms with van der Waals surface area (Å²) in [5.41, 5.74) is 0.315. The van der Waals surface area contributed by atoms with E-state index in [0.29, 0.717) is 49.3 Å². The Morgan fingerprint density at radius 3 is 2.67 bits per heavy atom. The quantitative estimate of drug-likeness (QED) is 0.602. The van der Waals surface area contributed by atoms with Crippen LogP contribution in [0.3, 0.4) is 0 Å². The fourth-order valence-electron chi connectivity index (χ4n) is 4.20. The van der Waals surface area contributed by atoms with Gasteiger partial charge in [-0.1, -0.05) is 6.92 Å². The molecule has 2 aliphatic rings. The zero-order chi connectivity index (χ0) is 24.0. The Hall–Kier alpha value is -2.40. The summed E-state index contributed by atoms with van der Waals surface area (Å²) < 4.78 is 75.9. The SMILES string of the molecule is CCOC(=O)Cn1ncc2c1CCCC2NS(=O)(=O)c1cc(C(F)(F)F)cc(C2(C)CC2)c1. The summed E-state index contributed by atoms with van der Waals surface area (Å²) in [5.74, 6) is -0.448. The molecule has 2 aliphatic carbocycles. The molecule has 1 atom stereocenters. The van der Waals surface area contributed by atoms with Crippen LogP contribution >= 0.6 is 0 Å². The minimum atomic E-state index is -4.65. The molecule has 7 nitrogen and oxygen atoms in total. The first-order chi connectivity index (χ1) is 15.4. The highest BCUT2D eigenvalue weighted by molar-refractivity contribution is 7.89. The second-order valence-electron chi connectivity index (χ2n) is 8.88. The van der Waals surface area contributed by atoms with Crippen LogP contribution < -0.4 is 4.72 Å². The van der Waals surface area contributed by atoms with Crippen LogP contribution in [0.25, 0.3) is 0 Å². The van der Waals surface area contributed by atoms with Gasteiger partial charge in [-0.2, -0.15) is 18.3 Å². The number of hydrogen-bond acceptors (Lipinski definition) is 5. The molecule has 0 saturated heterocycles. The maximum atomic E-state index is 13.5. The van der Waals surface area contributed by atoms with Crippen LogP contribution in [0.2, 0.25) is 0 Å². The third-order valence-corrected chi connectivity index (χ3v) is 7.84. The van der Waals surface area contributed by atoms with E-state index in [4.69, 9.17) is 4.74 Å². The normalized spacial score (nSPS) is 19.7. The maximum absolute atomic E-state index is 13.5. The van der Waals surface area contributed by atoms with Gasteiger partial charge in [0.2, 0.25) is 10.0 Å². The lowest BCUT2D eigenvalue weighted by Crippen LogP contribution is -2.31. The summed E-state index contributed by atoms with van der Waals surface area (Å²) in [6, 6.07) is 2.43. The van der Waals surface area contributed by atoms with Gasteiger partial charge in [-0.25, -0.2) is 13.1 Å². The van der Waals surface area contributed by atoms with E-state index in [0.717, 1.165) is 11.8 Å². The molecule has 33 heavy (non-hydrogen) atoms. The monoisotopic (exact) mass is 485 g/mol. The third kappa shape index (κ3) is 4.93. The zero-order valence-corrected chi connectivity index (χ0v) is 19.2. The zero-order valence-electron chi connectivity index (χ0n) is 18.4. The molecule has 0 amide bonds. The van der Waals surface area contributed by atoms with E-state index in [1.54, 1.807) is 6.92 Å². The number of hydrogen-bond donors (Lipinski definition) is 1. The van der Waals surface area contributed by atoms with Crippen LogP contribution in [0, 0.1) is 0 Å². The lowest BCUT2D eigenvalue weighted by molar-refractivity contribution is -0.144. The van der Waals surface area contributed by atoms with Crippen molar-refractivity contribution in [2.45, 2.75) is 75.0 Å². The predicted octanol–water partition coefficient (Wildman–Crippen LogP) is 3.87. The van der Waals surface area contributed by atoms with Crippen LogP contribution in [-0.4, -0.2) is 30.8 Å². The molecule has 4 rings (SSSR count). The summed E-state index contributed by atoms with van der Waals surface area (Å²) in [7, 11) is -4.24. The van der Waals surface area contributed by atoms with E-state index >= 15 is 0 Å². The molecule has 11 heteroatoms. The highest BCUT2D eigenvalue weighted by atomic mass is 32.2. The van der Waals surface area contributed by atoms with Crippen molar-refractivity contribution in [3.05, 3.63) is 46.8 Å². The van der Waals surface area contributed by atoms with E-state index in [1.807, 2.05) is 6.92 Å². The third-order valence-electron chi connectivity index (χ3n) is 6.39. The van der Waals surface area contributed by atoms with Gasteiger partial charge in [-0.15, -0.1) is 0 Å². The molecule has 0 bridgehead atoms. The molecule has 1 fully saturated rings. The number of fused-ring (bicyclic) bond motifs is 1. The average molecular weight is 486 g/mol. The largest absolute Gasteiger partial charge is 0.465 e. The van der Waals surface area contributed by atoms with Gasteiger partial charge in [0.05, 0.1) is 29.3 Å². The Labute approximate surface area is 190 Å². The molecule has 0 spiro atoms. The summed E-state index contributed by atoms with van der Waals surface area (Å²) in [4.78, 5) is 11.4. The van der Waals surface area contributed by atoms with Gasteiger partial charge in [0.15, 0.2) is 0 Å². The van der Waals surface area contributed by atoms with Crippen LogP contribution in [0.1, 0.15) is 68.0 Å². The Morgan fingerprint density at radius 1 is 1.30 bits per heavy atom. The standard InChI is InChI=1S/C22H26F3N3O4S/c1-3-32-20(29)13-28-19-6-4-5-18(17(19)12-26-28)27-33(30,31)16-10-14(21(2)7-8-21)9-15(11-16)22(23,24)25/h9-12,18,27H,3-8,13H2,1-2H3. The number of rotatable bonds is 7. The minimum Gasteiger partial charge on any atom is -0.465 e. The Morgan fingerprint density at radius 2 is 2.03 bits per heavy atom. The smallest absolute Gasteiger partial charge is 0.416 e. The second-order valence-corrected chi connectivity index (χ2v) is 10.6. The minimum absolute atomic E-state index is 0.0851. The van der Waals surface area contributed by atoms with Gasteiger partial charge < -0.3 is 4.74 Å². The molecule has 1 unspecified atom stereocenters. The van der Waals surface area contributed by atoms with Crippen molar-refractivity contribution in [2.24, 2.45) is 0 Å². The van der Waals surface area contributed by atoms with Crippen LogP contribution in [0.5, 0.6) is 0 Å². The fraction of sp³-hybridized carbons (Fsp3) is 0.545. The summed E-state index contributed by atoms with van der Waals surface area (Å²) >= 11 is 0. The number of halogens is 3. The number of aromatic nitrogens is 2. The Balaban J connectivity index is 1.63. The van der Waals surface area contributed by atoms with E-state index in [1.165, 1.54) is 16.9 Å². The van der Waals surface area contributed by atoms with Gasteiger partial charge in [-0.05, 0) is 68.2 Å². The predicted molar refractivity (Wildman–Crippen MR) is 113 cm³/mol. The molecule has 1 aromatic heterocycles. The van der Waals surface area contributed by atoms with Crippen molar-refractivity contribution in [3.8, 4) is 0 Å². The molecule has 2 aromatic rings. The molecular weight excluding hydrogens is 459 g/mol. The lowest BCUT2D eigenvalue weighted by atomic mass is 9.94. The van der Waals surface area contributed by atoms with Crippen molar-refractivity contribution >= 4 is 16.0 Å². The van der Waals surface area contributed by atoms with Gasteiger partial charge >= 0.3 is 12.1 Å². The fourth-order valence-corrected chi connectivity index (χ4v) is 5.52. The Kier molecular flexibility index (Phi) is 6.06. The lowest BCUT2D eigenvalue weighted by Gasteiger charge is -2.24. The van der Waals surface area contributed by atoms with Crippen LogP contribution in [0.4, 0.5) is 13.2 Å². The second kappa shape index (κ2) is 8.43. The Bertz CT molecular complexity index is 1150. The molecular formula is C22H26F3N3O4S. The summed E-state index contributed by atoms with van der Waals surface area (Å²) in [5, 5.41) is 4.21. The van der Waals surface area contributed by atoms with E-state index < -0.39 is 44.1 Å². The molecule has 1 saturated carbocycles. The molecule has 0 aliphatic heterocycles. The number of alkyl halides is 3. The number of carbonyl (C=O) groups excluding carboxylic acids is 1. The summed E-state index contributed by atoms with van der Waals surface area (Å²) in [6.45, 7) is 3.68. The van der Waals surface area contributed by atoms with Gasteiger partial charge in [-0.3, -0.25) is 9.48 Å². The van der Waals surface area contributed by atoms with Crippen molar-refractivity contribution in [3.63, 3.8) is 0 Å². The number of carbonyl (C=O) groups is 1. The summed E-state index contributed by atoms with van der Waals surface area (Å²) in [6.07, 6.45) is 0.00170. The van der Waals surface area contributed by atoms with Crippen molar-refractivity contribution < 1.29 is 31.1 Å². The van der Waals surface area contributed by atoms with E-state index in [2.05, 4.69) is 9.82 Å². The van der Waals surface area contributed by atoms with Gasteiger partial charge in [0, 0.05) is 11.3 Å². The van der Waals surface area contributed by atoms with E-state index in [-0.39, 0.29) is 13.2 Å². The number of sulfonamides is 1. The average Bonchev–Trinajstić information content (AvgIpc) is 3.36. The first kappa shape index (κ1) is 23.7. The number of benzene rings is 1. The number of ether oxygens (including phenoxy) is 1. The maximum Gasteiger partial charge on any atom is 0.416 e. The number of esters is 1. The molecule has 0 radical (unpaired) electrons. The van der Waals surface area contributed by atoms with Crippen molar-refractivity contribution in [1.29, 1.82) is 0 Å². The van der Waals surface area contributed by atoms with Gasteiger partial charge in [0.1, 0.15) is 6.54 Å². The number of nitrogens with one attached hydrogen (secondary N) is 1. The van der Waals surface area contributed by atoms with Gasteiger partial charge in [0.25, 0.3) is 0 Å². The van der Waals surface area contributed by atoms with Crippen molar-refractivity contribution in [1.82, 2.24) is 14.5 Å². The van der Waals surface area contributed by atoms with Crippen LogP contribution in [0.15, 0.2) is 29.3 Å². The highest BCUT2D eigenvalue weighted by Crippen LogP contribution is 2.49. The molecule has 1 heterocycles. The van der Waals surface area contributed by atoms with Crippen molar-refractivity contribution in [2.75, 3.05) is 6.61 Å². The molecule has 1 aromatic carbocycles. The van der Waals surface area contributed by atoms with Crippen LogP contribution in [-0.2, 0) is 44.1 Å². The number of nitrogens with zero attached hydrogens (tertiary/aromatic N) is 2. The molecule has 180 valence electrons. The first-order valence-electron chi connectivity index (χ1n) is 10.9. The van der Waals surface area contributed by atoms with E-state index in [9.17, 15) is 26.4 Å². The highest BCUT2D eigenvalue weighted by Gasteiger charge is 2.42. The molecule has 1 N–H and O–H groups in total.